The number of rotatable bonds is 3. The lowest BCUT2D eigenvalue weighted by Crippen LogP contribution is -2.26. The number of nitrogens with zero attached hydrogens (tertiary/aromatic N) is 2. The van der Waals surface area contributed by atoms with Gasteiger partial charge in [-0.1, -0.05) is 18.2 Å². The SMILES string of the molecule is COc1ccccc1[C@@H]1CNC(=O)c2nc(-c3cnc(C)cc3C)[nH]c2C1. The van der Waals surface area contributed by atoms with Gasteiger partial charge in [-0.05, 0) is 43.5 Å². The molecule has 1 atom stereocenters. The van der Waals surface area contributed by atoms with Crippen LogP contribution in [0.3, 0.4) is 0 Å². The molecule has 2 aromatic heterocycles. The number of ether oxygens (including phenoxy) is 1. The van der Waals surface area contributed by atoms with Gasteiger partial charge in [-0.25, -0.2) is 4.98 Å². The Balaban J connectivity index is 1.73. The van der Waals surface area contributed by atoms with Crippen LogP contribution >= 0.6 is 0 Å². The summed E-state index contributed by atoms with van der Waals surface area (Å²) in [4.78, 5) is 24.9. The third-order valence-corrected chi connectivity index (χ3v) is 5.03. The van der Waals surface area contributed by atoms with E-state index < -0.39 is 0 Å². The number of amides is 1. The summed E-state index contributed by atoms with van der Waals surface area (Å²) in [5, 5.41) is 3.00. The summed E-state index contributed by atoms with van der Waals surface area (Å²) in [6, 6.07) is 9.95. The largest absolute Gasteiger partial charge is 0.496 e. The van der Waals surface area contributed by atoms with Crippen LogP contribution in [0.4, 0.5) is 0 Å². The van der Waals surface area contributed by atoms with Crippen molar-refractivity contribution in [3.8, 4) is 17.1 Å². The van der Waals surface area contributed by atoms with Crippen molar-refractivity contribution in [1.29, 1.82) is 0 Å². The number of nitrogens with one attached hydrogen (secondary N) is 2. The van der Waals surface area contributed by atoms with Gasteiger partial charge in [-0.2, -0.15) is 0 Å². The number of hydrogen-bond donors (Lipinski definition) is 2. The fraction of sp³-hybridized carbons (Fsp3) is 0.286. The van der Waals surface area contributed by atoms with Gasteiger partial charge < -0.3 is 15.0 Å². The summed E-state index contributed by atoms with van der Waals surface area (Å²) in [6.07, 6.45) is 2.48. The maximum Gasteiger partial charge on any atom is 0.271 e. The van der Waals surface area contributed by atoms with Crippen molar-refractivity contribution in [2.45, 2.75) is 26.2 Å². The van der Waals surface area contributed by atoms with Crippen molar-refractivity contribution >= 4 is 5.91 Å². The first-order valence-corrected chi connectivity index (χ1v) is 9.00. The zero-order chi connectivity index (χ0) is 19.0. The van der Waals surface area contributed by atoms with E-state index in [1.165, 1.54) is 0 Å². The van der Waals surface area contributed by atoms with E-state index in [1.54, 1.807) is 13.3 Å². The number of fused-ring (bicyclic) bond motifs is 1. The highest BCUT2D eigenvalue weighted by atomic mass is 16.5. The fourth-order valence-electron chi connectivity index (χ4n) is 3.66. The Morgan fingerprint density at radius 1 is 1.22 bits per heavy atom. The van der Waals surface area contributed by atoms with E-state index in [9.17, 15) is 4.79 Å². The molecule has 27 heavy (non-hydrogen) atoms. The van der Waals surface area contributed by atoms with Crippen LogP contribution in [-0.4, -0.2) is 34.5 Å². The van der Waals surface area contributed by atoms with Crippen molar-refractivity contribution in [3.05, 3.63) is 64.7 Å². The Morgan fingerprint density at radius 3 is 2.81 bits per heavy atom. The van der Waals surface area contributed by atoms with Crippen molar-refractivity contribution < 1.29 is 9.53 Å². The number of aryl methyl sites for hydroxylation is 2. The van der Waals surface area contributed by atoms with Gasteiger partial charge in [0, 0.05) is 35.6 Å². The second kappa shape index (κ2) is 6.87. The third kappa shape index (κ3) is 3.18. The maximum absolute atomic E-state index is 12.6. The highest BCUT2D eigenvalue weighted by molar-refractivity contribution is 5.94. The number of pyridine rings is 1. The van der Waals surface area contributed by atoms with E-state index in [4.69, 9.17) is 4.74 Å². The summed E-state index contributed by atoms with van der Waals surface area (Å²) < 4.78 is 5.51. The molecule has 6 nitrogen and oxygen atoms in total. The second-order valence-corrected chi connectivity index (χ2v) is 6.91. The number of methoxy groups -OCH3 is 1. The highest BCUT2D eigenvalue weighted by Gasteiger charge is 2.28. The lowest BCUT2D eigenvalue weighted by molar-refractivity contribution is 0.0950. The average molecular weight is 362 g/mol. The minimum absolute atomic E-state index is 0.108. The molecular weight excluding hydrogens is 340 g/mol. The van der Waals surface area contributed by atoms with Gasteiger partial charge in [0.25, 0.3) is 5.91 Å². The first kappa shape index (κ1) is 17.3. The molecule has 0 spiro atoms. The molecule has 138 valence electrons. The van der Waals surface area contributed by atoms with Crippen LogP contribution in [0, 0.1) is 13.8 Å². The Bertz CT molecular complexity index is 1010. The van der Waals surface area contributed by atoms with Gasteiger partial charge in [0.15, 0.2) is 0 Å². The molecule has 0 aliphatic carbocycles. The summed E-state index contributed by atoms with van der Waals surface area (Å²) in [5.41, 5.74) is 5.33. The molecule has 0 bridgehead atoms. The molecule has 0 saturated carbocycles. The summed E-state index contributed by atoms with van der Waals surface area (Å²) in [7, 11) is 1.67. The third-order valence-electron chi connectivity index (χ3n) is 5.03. The lowest BCUT2D eigenvalue weighted by atomic mass is 9.93. The number of carbonyl (C=O) groups excluding carboxylic acids is 1. The number of benzene rings is 1. The van der Waals surface area contributed by atoms with E-state index in [-0.39, 0.29) is 11.8 Å². The zero-order valence-electron chi connectivity index (χ0n) is 15.7. The van der Waals surface area contributed by atoms with Gasteiger partial charge in [0.2, 0.25) is 0 Å². The van der Waals surface area contributed by atoms with E-state index in [0.717, 1.165) is 33.8 Å². The molecule has 4 rings (SSSR count). The molecule has 1 aliphatic heterocycles. The summed E-state index contributed by atoms with van der Waals surface area (Å²) >= 11 is 0. The standard InChI is InChI=1S/C21H22N4O2/c1-12-8-13(2)22-11-16(12)20-24-17-9-14(10-23-21(26)19(17)25-20)15-6-4-5-7-18(15)27-3/h4-8,11,14H,9-10H2,1-3H3,(H,23,26)(H,24,25)/t14-/m0/s1. The van der Waals surface area contributed by atoms with E-state index in [2.05, 4.69) is 20.3 Å². The Hall–Kier alpha value is -3.15. The minimum Gasteiger partial charge on any atom is -0.496 e. The molecular formula is C21H22N4O2. The molecule has 3 aromatic rings. The smallest absolute Gasteiger partial charge is 0.271 e. The number of carbonyl (C=O) groups is 1. The Kier molecular flexibility index (Phi) is 4.39. The Morgan fingerprint density at radius 2 is 2.04 bits per heavy atom. The topological polar surface area (TPSA) is 79.9 Å². The molecule has 1 aromatic carbocycles. The molecule has 3 heterocycles. The number of aromatic nitrogens is 3. The van der Waals surface area contributed by atoms with Gasteiger partial charge >= 0.3 is 0 Å². The van der Waals surface area contributed by atoms with Gasteiger partial charge in [-0.15, -0.1) is 0 Å². The van der Waals surface area contributed by atoms with Crippen molar-refractivity contribution in [3.63, 3.8) is 0 Å². The van der Waals surface area contributed by atoms with Crippen LogP contribution in [0.5, 0.6) is 5.75 Å². The predicted molar refractivity (Wildman–Crippen MR) is 103 cm³/mol. The number of aromatic amines is 1. The number of hydrogen-bond acceptors (Lipinski definition) is 4. The van der Waals surface area contributed by atoms with Crippen molar-refractivity contribution in [1.82, 2.24) is 20.3 Å². The molecule has 1 amide bonds. The number of H-pyrrole nitrogens is 1. The monoisotopic (exact) mass is 362 g/mol. The quantitative estimate of drug-likeness (QED) is 0.750. The first-order valence-electron chi connectivity index (χ1n) is 9.00. The van der Waals surface area contributed by atoms with Gasteiger partial charge in [-0.3, -0.25) is 9.78 Å². The molecule has 0 unspecified atom stereocenters. The molecule has 2 N–H and O–H groups in total. The number of para-hydroxylation sites is 1. The van der Waals surface area contributed by atoms with Crippen molar-refractivity contribution in [2.24, 2.45) is 0 Å². The molecule has 1 aliphatic rings. The minimum atomic E-state index is -0.150. The van der Waals surface area contributed by atoms with E-state index in [1.807, 2.05) is 44.2 Å². The van der Waals surface area contributed by atoms with Crippen LogP contribution in [-0.2, 0) is 6.42 Å². The average Bonchev–Trinajstić information content (AvgIpc) is 3.02. The number of imidazole rings is 1. The zero-order valence-corrected chi connectivity index (χ0v) is 15.7. The summed E-state index contributed by atoms with van der Waals surface area (Å²) in [6.45, 7) is 4.53. The van der Waals surface area contributed by atoms with Crippen LogP contribution in [0.25, 0.3) is 11.4 Å². The van der Waals surface area contributed by atoms with Crippen LogP contribution in [0.15, 0.2) is 36.5 Å². The molecule has 6 heteroatoms. The lowest BCUT2D eigenvalue weighted by Gasteiger charge is -2.17. The van der Waals surface area contributed by atoms with Crippen molar-refractivity contribution in [2.75, 3.05) is 13.7 Å². The maximum atomic E-state index is 12.6. The van der Waals surface area contributed by atoms with E-state index >= 15 is 0 Å². The highest BCUT2D eigenvalue weighted by Crippen LogP contribution is 2.32. The first-order chi connectivity index (χ1) is 13.1. The fourth-order valence-corrected chi connectivity index (χ4v) is 3.66. The Labute approximate surface area is 158 Å². The van der Waals surface area contributed by atoms with Crippen LogP contribution in [0.1, 0.15) is 38.9 Å². The predicted octanol–water partition coefficient (Wildman–Crippen LogP) is 3.17. The molecule has 0 radical (unpaired) electrons. The summed E-state index contributed by atoms with van der Waals surface area (Å²) in [5.74, 6) is 1.47. The van der Waals surface area contributed by atoms with Crippen LogP contribution < -0.4 is 10.1 Å². The van der Waals surface area contributed by atoms with Gasteiger partial charge in [0.05, 0.1) is 7.11 Å². The van der Waals surface area contributed by atoms with Crippen LogP contribution in [0.2, 0.25) is 0 Å². The van der Waals surface area contributed by atoms with E-state index in [0.29, 0.717) is 24.5 Å². The second-order valence-electron chi connectivity index (χ2n) is 6.91. The molecule has 0 fully saturated rings. The normalized spacial score (nSPS) is 16.4. The van der Waals surface area contributed by atoms with Gasteiger partial charge in [0.1, 0.15) is 17.3 Å². The molecule has 0 saturated heterocycles.